The number of piperazine rings is 1. The second kappa shape index (κ2) is 5.46. The van der Waals surface area contributed by atoms with Crippen LogP contribution in [0.15, 0.2) is 29.9 Å². The molecular formula is C13H15N5OS. The fourth-order valence-corrected chi connectivity index (χ4v) is 2.94. The number of nitrogens with two attached hydrogens (primary N) is 1. The number of amides is 1. The molecule has 1 aliphatic heterocycles. The summed E-state index contributed by atoms with van der Waals surface area (Å²) in [6.45, 7) is 3.51. The van der Waals surface area contributed by atoms with Gasteiger partial charge in [-0.15, -0.1) is 11.3 Å². The third-order valence-corrected chi connectivity index (χ3v) is 4.16. The van der Waals surface area contributed by atoms with Gasteiger partial charge in [0.15, 0.2) is 5.13 Å². The molecule has 1 aliphatic rings. The SMILES string of the molecule is NC(=O)c1ccnc(N2CCN(c3nccs3)CC2)c1. The molecule has 1 amide bonds. The normalized spacial score (nSPS) is 15.4. The van der Waals surface area contributed by atoms with Crippen LogP contribution >= 0.6 is 11.3 Å². The van der Waals surface area contributed by atoms with E-state index in [1.165, 1.54) is 0 Å². The molecule has 0 aliphatic carbocycles. The molecule has 3 heterocycles. The molecule has 0 spiro atoms. The Balaban J connectivity index is 1.69. The number of hydrogen-bond acceptors (Lipinski definition) is 6. The van der Waals surface area contributed by atoms with E-state index < -0.39 is 5.91 Å². The monoisotopic (exact) mass is 289 g/mol. The van der Waals surface area contributed by atoms with E-state index in [-0.39, 0.29) is 0 Å². The van der Waals surface area contributed by atoms with Crippen LogP contribution < -0.4 is 15.5 Å². The maximum Gasteiger partial charge on any atom is 0.248 e. The van der Waals surface area contributed by atoms with E-state index in [9.17, 15) is 4.79 Å². The fourth-order valence-electron chi connectivity index (χ4n) is 2.24. The molecule has 0 unspecified atom stereocenters. The van der Waals surface area contributed by atoms with Crippen molar-refractivity contribution in [3.8, 4) is 0 Å². The number of hydrogen-bond donors (Lipinski definition) is 1. The van der Waals surface area contributed by atoms with E-state index >= 15 is 0 Å². The van der Waals surface area contributed by atoms with Crippen molar-refractivity contribution in [3.63, 3.8) is 0 Å². The van der Waals surface area contributed by atoms with Gasteiger partial charge in [-0.3, -0.25) is 4.79 Å². The first-order valence-electron chi connectivity index (χ1n) is 6.39. The Labute approximate surface area is 120 Å². The number of primary amides is 1. The number of rotatable bonds is 3. The Kier molecular flexibility index (Phi) is 3.51. The van der Waals surface area contributed by atoms with Gasteiger partial charge in [0.25, 0.3) is 0 Å². The molecule has 7 heteroatoms. The van der Waals surface area contributed by atoms with Crippen molar-refractivity contribution in [3.05, 3.63) is 35.5 Å². The number of carbonyl (C=O) groups excluding carboxylic acids is 1. The molecule has 2 aromatic heterocycles. The first-order valence-corrected chi connectivity index (χ1v) is 7.27. The molecule has 1 fully saturated rings. The van der Waals surface area contributed by atoms with Crippen molar-refractivity contribution in [1.29, 1.82) is 0 Å². The van der Waals surface area contributed by atoms with Crippen LogP contribution in [0.3, 0.4) is 0 Å². The van der Waals surface area contributed by atoms with Gasteiger partial charge in [0.05, 0.1) is 0 Å². The summed E-state index contributed by atoms with van der Waals surface area (Å²) in [7, 11) is 0. The largest absolute Gasteiger partial charge is 0.366 e. The lowest BCUT2D eigenvalue weighted by Crippen LogP contribution is -2.46. The van der Waals surface area contributed by atoms with Gasteiger partial charge in [0.1, 0.15) is 5.82 Å². The highest BCUT2D eigenvalue weighted by atomic mass is 32.1. The topological polar surface area (TPSA) is 75.4 Å². The maximum atomic E-state index is 11.2. The van der Waals surface area contributed by atoms with Crippen LogP contribution in [0.25, 0.3) is 0 Å². The minimum Gasteiger partial charge on any atom is -0.366 e. The first kappa shape index (κ1) is 12.9. The third-order valence-electron chi connectivity index (χ3n) is 3.32. The molecule has 6 nitrogen and oxygen atoms in total. The number of anilines is 2. The van der Waals surface area contributed by atoms with Crippen LogP contribution in [-0.4, -0.2) is 42.1 Å². The van der Waals surface area contributed by atoms with E-state index in [0.717, 1.165) is 37.1 Å². The fraction of sp³-hybridized carbons (Fsp3) is 0.308. The summed E-state index contributed by atoms with van der Waals surface area (Å²) in [5.41, 5.74) is 5.80. The summed E-state index contributed by atoms with van der Waals surface area (Å²) in [5, 5.41) is 3.04. The van der Waals surface area contributed by atoms with Gasteiger partial charge < -0.3 is 15.5 Å². The van der Waals surface area contributed by atoms with Crippen molar-refractivity contribution in [1.82, 2.24) is 9.97 Å². The number of aromatic nitrogens is 2. The van der Waals surface area contributed by atoms with Crippen LogP contribution in [0.2, 0.25) is 0 Å². The van der Waals surface area contributed by atoms with E-state index in [0.29, 0.717) is 5.56 Å². The van der Waals surface area contributed by atoms with Gasteiger partial charge in [-0.05, 0) is 12.1 Å². The number of pyridine rings is 1. The Hall–Kier alpha value is -2.15. The summed E-state index contributed by atoms with van der Waals surface area (Å²) in [6.07, 6.45) is 3.45. The van der Waals surface area contributed by atoms with Gasteiger partial charge >= 0.3 is 0 Å². The molecule has 3 rings (SSSR count). The number of carbonyl (C=O) groups is 1. The van der Waals surface area contributed by atoms with Crippen LogP contribution in [-0.2, 0) is 0 Å². The van der Waals surface area contributed by atoms with Gasteiger partial charge in [-0.1, -0.05) is 0 Å². The zero-order valence-electron chi connectivity index (χ0n) is 10.9. The standard InChI is InChI=1S/C13H15N5OS/c14-12(19)10-1-2-15-11(9-10)17-4-6-18(7-5-17)13-16-3-8-20-13/h1-3,8-9H,4-7H2,(H2,14,19). The molecule has 2 N–H and O–H groups in total. The van der Waals surface area contributed by atoms with Gasteiger partial charge in [-0.25, -0.2) is 9.97 Å². The van der Waals surface area contributed by atoms with E-state index in [2.05, 4.69) is 19.8 Å². The lowest BCUT2D eigenvalue weighted by Gasteiger charge is -2.35. The van der Waals surface area contributed by atoms with Crippen LogP contribution in [0.5, 0.6) is 0 Å². The van der Waals surface area contributed by atoms with Crippen molar-refractivity contribution in [2.45, 2.75) is 0 Å². The summed E-state index contributed by atoms with van der Waals surface area (Å²) in [5.74, 6) is 0.384. The van der Waals surface area contributed by atoms with E-state index in [4.69, 9.17) is 5.73 Å². The predicted octanol–water partition coefficient (Wildman–Crippen LogP) is 0.964. The highest BCUT2D eigenvalue weighted by molar-refractivity contribution is 7.13. The molecule has 1 saturated heterocycles. The zero-order chi connectivity index (χ0) is 13.9. The highest BCUT2D eigenvalue weighted by Gasteiger charge is 2.20. The van der Waals surface area contributed by atoms with Crippen molar-refractivity contribution in [2.75, 3.05) is 36.0 Å². The van der Waals surface area contributed by atoms with Crippen LogP contribution in [0, 0.1) is 0 Å². The smallest absolute Gasteiger partial charge is 0.248 e. The predicted molar refractivity (Wildman–Crippen MR) is 79.3 cm³/mol. The summed E-state index contributed by atoms with van der Waals surface area (Å²) >= 11 is 1.65. The second-order valence-electron chi connectivity index (χ2n) is 4.56. The van der Waals surface area contributed by atoms with Crippen molar-refractivity contribution < 1.29 is 4.79 Å². The first-order chi connectivity index (χ1) is 9.74. The molecule has 0 saturated carbocycles. The molecule has 20 heavy (non-hydrogen) atoms. The van der Waals surface area contributed by atoms with Crippen molar-refractivity contribution >= 4 is 28.2 Å². The Bertz CT molecular complexity index is 593. The third kappa shape index (κ3) is 2.57. The number of nitrogens with zero attached hydrogens (tertiary/aromatic N) is 4. The van der Waals surface area contributed by atoms with E-state index in [1.54, 1.807) is 29.7 Å². The van der Waals surface area contributed by atoms with Crippen LogP contribution in [0.1, 0.15) is 10.4 Å². The summed E-state index contributed by atoms with van der Waals surface area (Å²) in [6, 6.07) is 3.39. The Morgan fingerprint density at radius 2 is 1.90 bits per heavy atom. The van der Waals surface area contributed by atoms with Crippen molar-refractivity contribution in [2.24, 2.45) is 5.73 Å². The minimum absolute atomic E-state index is 0.421. The Morgan fingerprint density at radius 1 is 1.15 bits per heavy atom. The zero-order valence-corrected chi connectivity index (χ0v) is 11.7. The molecule has 104 valence electrons. The maximum absolute atomic E-state index is 11.2. The average Bonchev–Trinajstić information content (AvgIpc) is 3.02. The van der Waals surface area contributed by atoms with Gasteiger partial charge in [0, 0.05) is 49.5 Å². The minimum atomic E-state index is -0.421. The quantitative estimate of drug-likeness (QED) is 0.911. The Morgan fingerprint density at radius 3 is 2.55 bits per heavy atom. The highest BCUT2D eigenvalue weighted by Crippen LogP contribution is 2.21. The molecule has 2 aromatic rings. The molecule has 0 atom stereocenters. The summed E-state index contributed by atoms with van der Waals surface area (Å²) in [4.78, 5) is 24.3. The van der Waals surface area contributed by atoms with Gasteiger partial charge in [0.2, 0.25) is 5.91 Å². The molecule has 0 bridgehead atoms. The lowest BCUT2D eigenvalue weighted by molar-refractivity contribution is 0.1000. The lowest BCUT2D eigenvalue weighted by atomic mass is 10.2. The molecule has 0 radical (unpaired) electrons. The second-order valence-corrected chi connectivity index (χ2v) is 5.43. The average molecular weight is 289 g/mol. The number of thiazole rings is 1. The van der Waals surface area contributed by atoms with Crippen LogP contribution in [0.4, 0.5) is 10.9 Å². The molecular weight excluding hydrogens is 274 g/mol. The van der Waals surface area contributed by atoms with E-state index in [1.807, 2.05) is 11.6 Å². The van der Waals surface area contributed by atoms with Gasteiger partial charge in [-0.2, -0.15) is 0 Å². The molecule has 0 aromatic carbocycles. The summed E-state index contributed by atoms with van der Waals surface area (Å²) < 4.78 is 0.